The Labute approximate surface area is 98.6 Å². The highest BCUT2D eigenvalue weighted by atomic mass is 16.5. The minimum absolute atomic E-state index is 0.0769. The second kappa shape index (κ2) is 5.89. The van der Waals surface area contributed by atoms with E-state index < -0.39 is 24.3 Å². The van der Waals surface area contributed by atoms with Crippen LogP contribution in [0.25, 0.3) is 0 Å². The molecule has 0 aliphatic heterocycles. The van der Waals surface area contributed by atoms with Crippen molar-refractivity contribution >= 4 is 11.9 Å². The summed E-state index contributed by atoms with van der Waals surface area (Å²) in [5.74, 6) is -3.29. The van der Waals surface area contributed by atoms with Crippen molar-refractivity contribution in [2.24, 2.45) is 5.92 Å². The highest BCUT2D eigenvalue weighted by Crippen LogP contribution is 2.17. The lowest BCUT2D eigenvalue weighted by molar-refractivity contribution is -0.320. The third-order valence-electron chi connectivity index (χ3n) is 2.36. The summed E-state index contributed by atoms with van der Waals surface area (Å²) in [6, 6.07) is 6.79. The Kier molecular flexibility index (Phi) is 4.51. The Hall–Kier alpha value is -2.04. The molecule has 0 saturated heterocycles. The molecule has 0 fully saturated rings. The van der Waals surface area contributed by atoms with Gasteiger partial charge in [-0.05, 0) is 30.5 Å². The van der Waals surface area contributed by atoms with Crippen molar-refractivity contribution in [3.63, 3.8) is 0 Å². The molecule has 1 rings (SSSR count). The lowest BCUT2D eigenvalue weighted by atomic mass is 9.96. The summed E-state index contributed by atoms with van der Waals surface area (Å²) in [6.45, 7) is 0. The Morgan fingerprint density at radius 3 is 2.59 bits per heavy atom. The first-order valence-corrected chi connectivity index (χ1v) is 5.06. The van der Waals surface area contributed by atoms with Gasteiger partial charge in [-0.2, -0.15) is 0 Å². The van der Waals surface area contributed by atoms with E-state index in [4.69, 9.17) is 4.74 Å². The van der Waals surface area contributed by atoms with E-state index >= 15 is 0 Å². The molecule has 0 amide bonds. The minimum Gasteiger partial charge on any atom is -0.550 e. The number of ether oxygens (including phenoxy) is 1. The Morgan fingerprint density at radius 2 is 2.06 bits per heavy atom. The molecule has 5 nitrogen and oxygen atoms in total. The smallest absolute Gasteiger partial charge is 0.119 e. The molecule has 0 aliphatic carbocycles. The van der Waals surface area contributed by atoms with E-state index in [9.17, 15) is 19.8 Å². The van der Waals surface area contributed by atoms with Gasteiger partial charge in [-0.3, -0.25) is 0 Å². The minimum atomic E-state index is -1.40. The fourth-order valence-corrected chi connectivity index (χ4v) is 1.52. The van der Waals surface area contributed by atoms with Crippen molar-refractivity contribution in [2.75, 3.05) is 7.11 Å². The lowest BCUT2D eigenvalue weighted by Gasteiger charge is -2.18. The first-order valence-electron chi connectivity index (χ1n) is 5.06. The van der Waals surface area contributed by atoms with Crippen LogP contribution >= 0.6 is 0 Å². The molecule has 1 aromatic rings. The average molecular weight is 236 g/mol. The van der Waals surface area contributed by atoms with Crippen molar-refractivity contribution < 1.29 is 24.5 Å². The van der Waals surface area contributed by atoms with Gasteiger partial charge < -0.3 is 24.5 Å². The van der Waals surface area contributed by atoms with Gasteiger partial charge in [0.15, 0.2) is 0 Å². The van der Waals surface area contributed by atoms with Gasteiger partial charge in [-0.1, -0.05) is 12.1 Å². The molecule has 0 aliphatic rings. The van der Waals surface area contributed by atoms with E-state index in [0.717, 1.165) is 0 Å². The predicted molar refractivity (Wildman–Crippen MR) is 54.8 cm³/mol. The molecule has 0 saturated carbocycles. The summed E-state index contributed by atoms with van der Waals surface area (Å²) in [6.07, 6.45) is -0.479. The molecular weight excluding hydrogens is 224 g/mol. The van der Waals surface area contributed by atoms with Gasteiger partial charge in [-0.25, -0.2) is 0 Å². The summed E-state index contributed by atoms with van der Waals surface area (Å²) in [7, 11) is 1.50. The SMILES string of the molecule is COc1cccc(CC(CC(=O)[O-])C(=O)[O-])c1. The van der Waals surface area contributed by atoms with E-state index in [1.807, 2.05) is 0 Å². The summed E-state index contributed by atoms with van der Waals surface area (Å²) in [4.78, 5) is 21.2. The topological polar surface area (TPSA) is 89.5 Å². The van der Waals surface area contributed by atoms with E-state index in [-0.39, 0.29) is 6.42 Å². The van der Waals surface area contributed by atoms with Crippen LogP contribution in [0.15, 0.2) is 24.3 Å². The summed E-state index contributed by atoms with van der Waals surface area (Å²) >= 11 is 0. The van der Waals surface area contributed by atoms with Gasteiger partial charge in [0.05, 0.1) is 7.11 Å². The van der Waals surface area contributed by atoms with Crippen molar-refractivity contribution in [3.8, 4) is 5.75 Å². The highest BCUT2D eigenvalue weighted by molar-refractivity contribution is 5.75. The van der Waals surface area contributed by atoms with Crippen molar-refractivity contribution in [2.45, 2.75) is 12.8 Å². The molecule has 0 radical (unpaired) electrons. The molecule has 0 bridgehead atoms. The van der Waals surface area contributed by atoms with E-state index in [1.54, 1.807) is 24.3 Å². The molecule has 5 heteroatoms. The van der Waals surface area contributed by atoms with E-state index in [2.05, 4.69) is 0 Å². The van der Waals surface area contributed by atoms with Crippen LogP contribution in [0, 0.1) is 5.92 Å². The summed E-state index contributed by atoms with van der Waals surface area (Å²) in [5.41, 5.74) is 0.680. The number of carbonyl (C=O) groups excluding carboxylic acids is 2. The predicted octanol–water partition coefficient (Wildman–Crippen LogP) is -1.26. The van der Waals surface area contributed by atoms with Gasteiger partial charge in [-0.15, -0.1) is 0 Å². The second-order valence-electron chi connectivity index (χ2n) is 3.65. The largest absolute Gasteiger partial charge is 0.550 e. The van der Waals surface area contributed by atoms with Gasteiger partial charge >= 0.3 is 0 Å². The number of carbonyl (C=O) groups is 2. The number of methoxy groups -OCH3 is 1. The quantitative estimate of drug-likeness (QED) is 0.615. The zero-order valence-corrected chi connectivity index (χ0v) is 9.34. The third kappa shape index (κ3) is 4.14. The monoisotopic (exact) mass is 236 g/mol. The van der Waals surface area contributed by atoms with Crippen LogP contribution in [0.4, 0.5) is 0 Å². The maximum Gasteiger partial charge on any atom is 0.119 e. The van der Waals surface area contributed by atoms with Crippen LogP contribution in [0.2, 0.25) is 0 Å². The molecule has 92 valence electrons. The maximum atomic E-state index is 10.8. The number of hydrogen-bond acceptors (Lipinski definition) is 5. The van der Waals surface area contributed by atoms with E-state index in [1.165, 1.54) is 7.11 Å². The van der Waals surface area contributed by atoms with Crippen LogP contribution in [0.1, 0.15) is 12.0 Å². The Morgan fingerprint density at radius 1 is 1.35 bits per heavy atom. The molecule has 0 heterocycles. The molecule has 0 spiro atoms. The standard InChI is InChI=1S/C12H14O5/c1-17-10-4-2-3-8(6-10)5-9(12(15)16)7-11(13)14/h2-4,6,9H,5,7H2,1H3,(H,13,14)(H,15,16)/p-2. The van der Waals surface area contributed by atoms with Crippen LogP contribution in [-0.4, -0.2) is 19.0 Å². The molecular formula is C12H12O5-2. The number of hydrogen-bond donors (Lipinski definition) is 0. The van der Waals surface area contributed by atoms with Crippen molar-refractivity contribution in [1.82, 2.24) is 0 Å². The third-order valence-corrected chi connectivity index (χ3v) is 2.36. The second-order valence-corrected chi connectivity index (χ2v) is 3.65. The lowest BCUT2D eigenvalue weighted by Crippen LogP contribution is -2.37. The van der Waals surface area contributed by atoms with Gasteiger partial charge in [0, 0.05) is 17.9 Å². The molecule has 17 heavy (non-hydrogen) atoms. The average Bonchev–Trinajstić information content (AvgIpc) is 2.27. The zero-order valence-electron chi connectivity index (χ0n) is 9.34. The Bertz CT molecular complexity index is 413. The van der Waals surface area contributed by atoms with E-state index in [0.29, 0.717) is 11.3 Å². The first kappa shape index (κ1) is 13.0. The van der Waals surface area contributed by atoms with Gasteiger partial charge in [0.2, 0.25) is 0 Å². The van der Waals surface area contributed by atoms with Crippen LogP contribution in [0.3, 0.4) is 0 Å². The van der Waals surface area contributed by atoms with Crippen LogP contribution in [-0.2, 0) is 16.0 Å². The summed E-state index contributed by atoms with van der Waals surface area (Å²) < 4.78 is 4.99. The van der Waals surface area contributed by atoms with Crippen molar-refractivity contribution in [3.05, 3.63) is 29.8 Å². The summed E-state index contributed by atoms with van der Waals surface area (Å²) in [5, 5.41) is 21.2. The molecule has 1 atom stereocenters. The number of carboxylic acids is 2. The highest BCUT2D eigenvalue weighted by Gasteiger charge is 2.11. The molecule has 0 aromatic heterocycles. The van der Waals surface area contributed by atoms with Gasteiger partial charge in [0.25, 0.3) is 0 Å². The Balaban J connectivity index is 2.78. The number of rotatable bonds is 6. The van der Waals surface area contributed by atoms with Crippen LogP contribution in [0.5, 0.6) is 5.75 Å². The van der Waals surface area contributed by atoms with Crippen LogP contribution < -0.4 is 14.9 Å². The first-order chi connectivity index (χ1) is 8.02. The molecule has 1 unspecified atom stereocenters. The number of benzene rings is 1. The fourth-order valence-electron chi connectivity index (χ4n) is 1.52. The maximum absolute atomic E-state index is 10.8. The fraction of sp³-hybridized carbons (Fsp3) is 0.333. The normalized spacial score (nSPS) is 11.8. The molecule has 0 N–H and O–H groups in total. The molecule has 1 aromatic carbocycles. The van der Waals surface area contributed by atoms with Crippen molar-refractivity contribution in [1.29, 1.82) is 0 Å². The van der Waals surface area contributed by atoms with Gasteiger partial charge in [0.1, 0.15) is 5.75 Å². The zero-order chi connectivity index (χ0) is 12.8. The number of aliphatic carboxylic acids is 2. The number of carboxylic acid groups (broad SMARTS) is 2.